The number of ether oxygens (including phenoxy) is 1. The summed E-state index contributed by atoms with van der Waals surface area (Å²) in [5.74, 6) is 0.410. The lowest BCUT2D eigenvalue weighted by atomic mass is 10.1. The maximum absolute atomic E-state index is 13.7. The van der Waals surface area contributed by atoms with E-state index < -0.39 is 0 Å². The van der Waals surface area contributed by atoms with Crippen molar-refractivity contribution in [1.29, 1.82) is 0 Å². The second-order valence-electron chi connectivity index (χ2n) is 4.30. The zero-order valence-electron chi connectivity index (χ0n) is 10.2. The Morgan fingerprint density at radius 1 is 1.35 bits per heavy atom. The first kappa shape index (κ1) is 12.3. The van der Waals surface area contributed by atoms with Crippen molar-refractivity contribution in [2.24, 2.45) is 0 Å². The summed E-state index contributed by atoms with van der Waals surface area (Å²) in [6.07, 6.45) is 0.760. The Morgan fingerprint density at radius 2 is 2.12 bits per heavy atom. The van der Waals surface area contributed by atoms with Crippen LogP contribution in [0.2, 0.25) is 0 Å². The molecule has 1 N–H and O–H groups in total. The van der Waals surface area contributed by atoms with E-state index >= 15 is 0 Å². The van der Waals surface area contributed by atoms with Crippen molar-refractivity contribution in [1.82, 2.24) is 10.2 Å². The van der Waals surface area contributed by atoms with Crippen LogP contribution < -0.4 is 10.1 Å². The van der Waals surface area contributed by atoms with Gasteiger partial charge in [0.15, 0.2) is 0 Å². The lowest BCUT2D eigenvalue weighted by Crippen LogP contribution is -2.44. The molecule has 0 radical (unpaired) electrons. The zero-order valence-corrected chi connectivity index (χ0v) is 10.2. The first-order valence-corrected chi connectivity index (χ1v) is 6.05. The van der Waals surface area contributed by atoms with E-state index in [0.29, 0.717) is 5.75 Å². The third-order valence-corrected chi connectivity index (χ3v) is 3.17. The molecular formula is C13H19FN2O. The summed E-state index contributed by atoms with van der Waals surface area (Å²) in [4.78, 5) is 2.36. The van der Waals surface area contributed by atoms with Crippen LogP contribution in [0.1, 0.15) is 5.56 Å². The smallest absolute Gasteiger partial charge is 0.130 e. The molecule has 0 saturated carbocycles. The van der Waals surface area contributed by atoms with Crippen LogP contribution in [0.5, 0.6) is 5.75 Å². The Labute approximate surface area is 102 Å². The number of hydrogen-bond acceptors (Lipinski definition) is 3. The number of nitrogens with one attached hydrogen (secondary N) is 1. The van der Waals surface area contributed by atoms with Gasteiger partial charge in [0.1, 0.15) is 11.6 Å². The average molecular weight is 238 g/mol. The first-order valence-electron chi connectivity index (χ1n) is 6.05. The number of benzene rings is 1. The molecule has 1 aliphatic rings. The van der Waals surface area contributed by atoms with Crippen LogP contribution in [0.15, 0.2) is 18.2 Å². The molecule has 94 valence electrons. The van der Waals surface area contributed by atoms with Gasteiger partial charge in [-0.3, -0.25) is 0 Å². The van der Waals surface area contributed by atoms with E-state index in [9.17, 15) is 4.39 Å². The summed E-state index contributed by atoms with van der Waals surface area (Å²) in [7, 11) is 1.55. The van der Waals surface area contributed by atoms with E-state index in [1.807, 2.05) is 12.1 Å². The number of halogens is 1. The largest absolute Gasteiger partial charge is 0.497 e. The highest BCUT2D eigenvalue weighted by Crippen LogP contribution is 2.16. The number of rotatable bonds is 4. The monoisotopic (exact) mass is 238 g/mol. The molecule has 4 heteroatoms. The van der Waals surface area contributed by atoms with E-state index in [-0.39, 0.29) is 5.82 Å². The summed E-state index contributed by atoms with van der Waals surface area (Å²) in [5, 5.41) is 3.31. The van der Waals surface area contributed by atoms with Gasteiger partial charge in [-0.15, -0.1) is 0 Å². The zero-order chi connectivity index (χ0) is 12.1. The average Bonchev–Trinajstić information content (AvgIpc) is 2.38. The molecule has 1 fully saturated rings. The van der Waals surface area contributed by atoms with Gasteiger partial charge in [0.25, 0.3) is 0 Å². The highest BCUT2D eigenvalue weighted by Gasteiger charge is 2.10. The van der Waals surface area contributed by atoms with Crippen LogP contribution in [0.4, 0.5) is 4.39 Å². The molecule has 1 saturated heterocycles. The molecular weight excluding hydrogens is 219 g/mol. The van der Waals surface area contributed by atoms with E-state index in [1.165, 1.54) is 6.07 Å². The van der Waals surface area contributed by atoms with Gasteiger partial charge in [0.2, 0.25) is 0 Å². The van der Waals surface area contributed by atoms with E-state index in [2.05, 4.69) is 10.2 Å². The Morgan fingerprint density at radius 3 is 2.76 bits per heavy atom. The van der Waals surface area contributed by atoms with Crippen molar-refractivity contribution >= 4 is 0 Å². The molecule has 1 aromatic carbocycles. The summed E-state index contributed by atoms with van der Waals surface area (Å²) >= 11 is 0. The number of methoxy groups -OCH3 is 1. The van der Waals surface area contributed by atoms with Gasteiger partial charge in [-0.2, -0.15) is 0 Å². The third-order valence-electron chi connectivity index (χ3n) is 3.17. The maximum Gasteiger partial charge on any atom is 0.130 e. The minimum atomic E-state index is -0.167. The molecule has 2 rings (SSSR count). The fourth-order valence-electron chi connectivity index (χ4n) is 2.07. The Bertz CT molecular complexity index is 364. The molecule has 0 unspecified atom stereocenters. The lowest BCUT2D eigenvalue weighted by molar-refractivity contribution is 0.243. The minimum Gasteiger partial charge on any atom is -0.497 e. The van der Waals surface area contributed by atoms with E-state index in [0.717, 1.165) is 44.7 Å². The molecule has 0 spiro atoms. The van der Waals surface area contributed by atoms with Gasteiger partial charge in [-0.25, -0.2) is 4.39 Å². The molecule has 0 atom stereocenters. The standard InChI is InChI=1S/C13H19FN2O/c1-17-12-3-2-11(13(14)10-12)4-7-16-8-5-15-6-9-16/h2-3,10,15H,4-9H2,1H3. The molecule has 0 bridgehead atoms. The van der Waals surface area contributed by atoms with Crippen molar-refractivity contribution < 1.29 is 9.13 Å². The Hall–Kier alpha value is -1.13. The van der Waals surface area contributed by atoms with Gasteiger partial charge >= 0.3 is 0 Å². The molecule has 17 heavy (non-hydrogen) atoms. The quantitative estimate of drug-likeness (QED) is 0.855. The molecule has 1 aliphatic heterocycles. The van der Waals surface area contributed by atoms with Crippen molar-refractivity contribution in [3.63, 3.8) is 0 Å². The van der Waals surface area contributed by atoms with Crippen LogP contribution in [0.3, 0.4) is 0 Å². The van der Waals surface area contributed by atoms with E-state index in [4.69, 9.17) is 4.74 Å². The fraction of sp³-hybridized carbons (Fsp3) is 0.538. The van der Waals surface area contributed by atoms with Gasteiger partial charge in [-0.05, 0) is 18.1 Å². The normalized spacial score (nSPS) is 17.1. The number of hydrogen-bond donors (Lipinski definition) is 1. The Kier molecular flexibility index (Phi) is 4.34. The fourth-order valence-corrected chi connectivity index (χ4v) is 2.07. The van der Waals surface area contributed by atoms with Crippen LogP contribution in [0.25, 0.3) is 0 Å². The van der Waals surface area contributed by atoms with Crippen LogP contribution in [-0.4, -0.2) is 44.7 Å². The third kappa shape index (κ3) is 3.41. The number of piperazine rings is 1. The highest BCUT2D eigenvalue weighted by atomic mass is 19.1. The van der Waals surface area contributed by atoms with E-state index in [1.54, 1.807) is 7.11 Å². The molecule has 0 aliphatic carbocycles. The van der Waals surface area contributed by atoms with Gasteiger partial charge in [-0.1, -0.05) is 6.07 Å². The minimum absolute atomic E-state index is 0.167. The molecule has 1 heterocycles. The van der Waals surface area contributed by atoms with Crippen LogP contribution in [-0.2, 0) is 6.42 Å². The SMILES string of the molecule is COc1ccc(CCN2CCNCC2)c(F)c1. The molecule has 1 aromatic rings. The predicted molar refractivity (Wildman–Crippen MR) is 66.0 cm³/mol. The topological polar surface area (TPSA) is 24.5 Å². The second-order valence-corrected chi connectivity index (χ2v) is 4.30. The highest BCUT2D eigenvalue weighted by molar-refractivity contribution is 5.29. The summed E-state index contributed by atoms with van der Waals surface area (Å²) in [5.41, 5.74) is 0.768. The summed E-state index contributed by atoms with van der Waals surface area (Å²) < 4.78 is 18.7. The second kappa shape index (κ2) is 5.98. The lowest BCUT2D eigenvalue weighted by Gasteiger charge is -2.27. The summed E-state index contributed by atoms with van der Waals surface area (Å²) in [6, 6.07) is 5.08. The number of nitrogens with zero attached hydrogens (tertiary/aromatic N) is 1. The molecule has 3 nitrogen and oxygen atoms in total. The van der Waals surface area contributed by atoms with Crippen molar-refractivity contribution in [3.05, 3.63) is 29.6 Å². The molecule has 0 amide bonds. The first-order chi connectivity index (χ1) is 8.29. The van der Waals surface area contributed by atoms with Crippen molar-refractivity contribution in [3.8, 4) is 5.75 Å². The Balaban J connectivity index is 1.89. The van der Waals surface area contributed by atoms with Crippen LogP contribution in [0, 0.1) is 5.82 Å². The maximum atomic E-state index is 13.7. The van der Waals surface area contributed by atoms with Crippen LogP contribution >= 0.6 is 0 Å². The van der Waals surface area contributed by atoms with Gasteiger partial charge < -0.3 is 15.0 Å². The van der Waals surface area contributed by atoms with Gasteiger partial charge in [0, 0.05) is 38.8 Å². The summed E-state index contributed by atoms with van der Waals surface area (Å²) in [6.45, 7) is 5.09. The van der Waals surface area contributed by atoms with Crippen molar-refractivity contribution in [2.45, 2.75) is 6.42 Å². The van der Waals surface area contributed by atoms with Crippen molar-refractivity contribution in [2.75, 3.05) is 39.8 Å². The molecule has 0 aromatic heterocycles. The predicted octanol–water partition coefficient (Wildman–Crippen LogP) is 1.28. The van der Waals surface area contributed by atoms with Gasteiger partial charge in [0.05, 0.1) is 7.11 Å².